The van der Waals surface area contributed by atoms with Crippen molar-refractivity contribution < 1.29 is 9.84 Å². The van der Waals surface area contributed by atoms with Crippen LogP contribution in [-0.4, -0.2) is 61.0 Å². The Hall–Kier alpha value is -0.160. The van der Waals surface area contributed by atoms with Crippen LogP contribution in [0.2, 0.25) is 0 Å². The Balaban J connectivity index is 2.32. The Morgan fingerprint density at radius 2 is 2.14 bits per heavy atom. The van der Waals surface area contributed by atoms with Gasteiger partial charge in [0.05, 0.1) is 12.7 Å². The van der Waals surface area contributed by atoms with E-state index in [-0.39, 0.29) is 12.1 Å². The molecular formula is C17H36N2O2. The minimum Gasteiger partial charge on any atom is -0.394 e. The van der Waals surface area contributed by atoms with E-state index in [1.165, 1.54) is 12.8 Å². The highest BCUT2D eigenvalue weighted by Crippen LogP contribution is 2.18. The molecule has 126 valence electrons. The molecule has 0 spiro atoms. The van der Waals surface area contributed by atoms with Crippen molar-refractivity contribution in [3.63, 3.8) is 0 Å². The second kappa shape index (κ2) is 10.5. The van der Waals surface area contributed by atoms with Gasteiger partial charge in [-0.1, -0.05) is 20.8 Å². The summed E-state index contributed by atoms with van der Waals surface area (Å²) in [7, 11) is 0. The molecule has 0 aromatic carbocycles. The normalized spacial score (nSPS) is 21.9. The van der Waals surface area contributed by atoms with Gasteiger partial charge in [0.2, 0.25) is 0 Å². The van der Waals surface area contributed by atoms with E-state index < -0.39 is 0 Å². The number of aliphatic hydroxyl groups is 1. The van der Waals surface area contributed by atoms with E-state index >= 15 is 0 Å². The Kier molecular flexibility index (Phi) is 9.49. The van der Waals surface area contributed by atoms with Gasteiger partial charge in [-0.2, -0.15) is 0 Å². The van der Waals surface area contributed by atoms with E-state index in [9.17, 15) is 5.11 Å². The molecule has 1 rings (SSSR count). The quantitative estimate of drug-likeness (QED) is 0.581. The SMILES string of the molecule is CCCNC(CC)(CO)CCCN(CC)CC1CCCO1. The Labute approximate surface area is 131 Å². The molecule has 1 aliphatic heterocycles. The van der Waals surface area contributed by atoms with Crippen LogP contribution in [0.3, 0.4) is 0 Å². The number of ether oxygens (including phenoxy) is 1. The highest BCUT2D eigenvalue weighted by molar-refractivity contribution is 4.86. The number of nitrogens with one attached hydrogen (secondary N) is 1. The maximum atomic E-state index is 9.76. The van der Waals surface area contributed by atoms with Gasteiger partial charge >= 0.3 is 0 Å². The first-order valence-corrected chi connectivity index (χ1v) is 8.89. The third-order valence-electron chi connectivity index (χ3n) is 4.79. The van der Waals surface area contributed by atoms with Crippen LogP contribution in [0.25, 0.3) is 0 Å². The average Bonchev–Trinajstić information content (AvgIpc) is 3.03. The van der Waals surface area contributed by atoms with Gasteiger partial charge in [0, 0.05) is 18.7 Å². The van der Waals surface area contributed by atoms with Crippen molar-refractivity contribution in [2.24, 2.45) is 0 Å². The van der Waals surface area contributed by atoms with Crippen LogP contribution in [0.5, 0.6) is 0 Å². The van der Waals surface area contributed by atoms with Crippen LogP contribution in [0, 0.1) is 0 Å². The molecule has 0 aromatic heterocycles. The van der Waals surface area contributed by atoms with Gasteiger partial charge in [-0.15, -0.1) is 0 Å². The van der Waals surface area contributed by atoms with Crippen molar-refractivity contribution in [1.82, 2.24) is 10.2 Å². The molecule has 2 N–H and O–H groups in total. The fourth-order valence-electron chi connectivity index (χ4n) is 3.12. The standard InChI is InChI=1S/C17H36N2O2/c1-4-11-18-17(5-2,15-20)10-8-12-19(6-3)14-16-9-7-13-21-16/h16,18,20H,4-15H2,1-3H3. The lowest BCUT2D eigenvalue weighted by Gasteiger charge is -2.33. The summed E-state index contributed by atoms with van der Waals surface area (Å²) < 4.78 is 5.73. The third-order valence-corrected chi connectivity index (χ3v) is 4.79. The van der Waals surface area contributed by atoms with E-state index in [0.717, 1.165) is 58.5 Å². The van der Waals surface area contributed by atoms with Crippen molar-refractivity contribution in [2.75, 3.05) is 39.4 Å². The second-order valence-corrected chi connectivity index (χ2v) is 6.35. The smallest absolute Gasteiger partial charge is 0.0702 e. The fraction of sp³-hybridized carbons (Fsp3) is 1.00. The highest BCUT2D eigenvalue weighted by Gasteiger charge is 2.26. The van der Waals surface area contributed by atoms with Crippen molar-refractivity contribution >= 4 is 0 Å². The summed E-state index contributed by atoms with van der Waals surface area (Å²) in [5.74, 6) is 0. The van der Waals surface area contributed by atoms with Crippen molar-refractivity contribution in [3.05, 3.63) is 0 Å². The van der Waals surface area contributed by atoms with Crippen molar-refractivity contribution in [2.45, 2.75) is 70.9 Å². The summed E-state index contributed by atoms with van der Waals surface area (Å²) in [5.41, 5.74) is -0.0840. The van der Waals surface area contributed by atoms with Gasteiger partial charge < -0.3 is 20.1 Å². The maximum absolute atomic E-state index is 9.76. The molecule has 0 saturated carbocycles. The lowest BCUT2D eigenvalue weighted by Crippen LogP contribution is -2.48. The first kappa shape index (κ1) is 18.9. The van der Waals surface area contributed by atoms with Crippen molar-refractivity contribution in [1.29, 1.82) is 0 Å². The topological polar surface area (TPSA) is 44.7 Å². The molecule has 4 heteroatoms. The van der Waals surface area contributed by atoms with Crippen LogP contribution in [0.4, 0.5) is 0 Å². The molecule has 0 aliphatic carbocycles. The molecule has 1 aliphatic rings. The molecule has 0 aromatic rings. The van der Waals surface area contributed by atoms with Crippen LogP contribution in [0.1, 0.15) is 59.3 Å². The first-order chi connectivity index (χ1) is 10.2. The zero-order valence-electron chi connectivity index (χ0n) is 14.4. The molecule has 2 atom stereocenters. The molecule has 1 heterocycles. The minimum atomic E-state index is -0.0840. The predicted molar refractivity (Wildman–Crippen MR) is 88.7 cm³/mol. The molecule has 0 bridgehead atoms. The molecule has 4 nitrogen and oxygen atoms in total. The average molecular weight is 300 g/mol. The van der Waals surface area contributed by atoms with E-state index in [1.54, 1.807) is 0 Å². The highest BCUT2D eigenvalue weighted by atomic mass is 16.5. The lowest BCUT2D eigenvalue weighted by molar-refractivity contribution is 0.0718. The fourth-order valence-corrected chi connectivity index (χ4v) is 3.12. The predicted octanol–water partition coefficient (Wildman–Crippen LogP) is 2.41. The molecule has 2 unspecified atom stereocenters. The number of rotatable bonds is 12. The Morgan fingerprint density at radius 3 is 2.67 bits per heavy atom. The van der Waals surface area contributed by atoms with E-state index in [1.807, 2.05) is 0 Å². The van der Waals surface area contributed by atoms with Crippen LogP contribution in [-0.2, 0) is 4.74 Å². The third kappa shape index (κ3) is 6.64. The maximum Gasteiger partial charge on any atom is 0.0702 e. The molecule has 0 radical (unpaired) electrons. The Morgan fingerprint density at radius 1 is 1.33 bits per heavy atom. The number of nitrogens with zero attached hydrogens (tertiary/aromatic N) is 1. The summed E-state index contributed by atoms with van der Waals surface area (Å²) in [6, 6.07) is 0. The van der Waals surface area contributed by atoms with E-state index in [0.29, 0.717) is 6.10 Å². The van der Waals surface area contributed by atoms with Gasteiger partial charge in [0.15, 0.2) is 0 Å². The summed E-state index contributed by atoms with van der Waals surface area (Å²) in [6.07, 6.45) is 7.14. The monoisotopic (exact) mass is 300 g/mol. The van der Waals surface area contributed by atoms with E-state index in [4.69, 9.17) is 4.74 Å². The lowest BCUT2D eigenvalue weighted by atomic mass is 9.91. The molecule has 0 amide bonds. The minimum absolute atomic E-state index is 0.0840. The molecular weight excluding hydrogens is 264 g/mol. The van der Waals surface area contributed by atoms with Crippen LogP contribution < -0.4 is 5.32 Å². The summed E-state index contributed by atoms with van der Waals surface area (Å²) >= 11 is 0. The van der Waals surface area contributed by atoms with E-state index in [2.05, 4.69) is 31.0 Å². The largest absolute Gasteiger partial charge is 0.394 e. The number of hydrogen-bond donors (Lipinski definition) is 2. The zero-order chi connectivity index (χ0) is 15.6. The van der Waals surface area contributed by atoms with Crippen LogP contribution in [0.15, 0.2) is 0 Å². The first-order valence-electron chi connectivity index (χ1n) is 8.89. The second-order valence-electron chi connectivity index (χ2n) is 6.35. The summed E-state index contributed by atoms with van der Waals surface area (Å²) in [4.78, 5) is 2.49. The van der Waals surface area contributed by atoms with Gasteiger partial charge in [-0.3, -0.25) is 0 Å². The summed E-state index contributed by atoms with van der Waals surface area (Å²) in [5, 5.41) is 13.3. The van der Waals surface area contributed by atoms with Crippen LogP contribution >= 0.6 is 0 Å². The van der Waals surface area contributed by atoms with Crippen molar-refractivity contribution in [3.8, 4) is 0 Å². The Bertz CT molecular complexity index is 251. The zero-order valence-corrected chi connectivity index (χ0v) is 14.4. The number of aliphatic hydroxyl groups excluding tert-OH is 1. The number of likely N-dealkylation sites (N-methyl/N-ethyl adjacent to an activating group) is 1. The summed E-state index contributed by atoms with van der Waals surface area (Å²) in [6.45, 7) is 12.0. The van der Waals surface area contributed by atoms with Gasteiger partial charge in [0.1, 0.15) is 0 Å². The molecule has 21 heavy (non-hydrogen) atoms. The number of hydrogen-bond acceptors (Lipinski definition) is 4. The van der Waals surface area contributed by atoms with Gasteiger partial charge in [0.25, 0.3) is 0 Å². The van der Waals surface area contributed by atoms with Gasteiger partial charge in [-0.25, -0.2) is 0 Å². The molecule has 1 saturated heterocycles. The molecule has 1 fully saturated rings. The van der Waals surface area contributed by atoms with Gasteiger partial charge in [-0.05, 0) is 58.2 Å².